The van der Waals surface area contributed by atoms with Crippen LogP contribution in [0.5, 0.6) is 5.75 Å². The normalized spacial score (nSPS) is 22.1. The minimum Gasteiger partial charge on any atom is -0.490 e. The van der Waals surface area contributed by atoms with E-state index >= 15 is 0 Å². The Morgan fingerprint density at radius 1 is 1.10 bits per heavy atom. The van der Waals surface area contributed by atoms with Gasteiger partial charge in [0.2, 0.25) is 10.0 Å². The molecule has 1 amide bonds. The van der Waals surface area contributed by atoms with Crippen molar-refractivity contribution in [2.75, 3.05) is 32.8 Å². The van der Waals surface area contributed by atoms with Gasteiger partial charge in [-0.15, -0.1) is 0 Å². The molecule has 1 unspecified atom stereocenters. The minimum atomic E-state index is -4.43. The molecule has 0 spiro atoms. The number of rotatable bonds is 7. The molecule has 0 saturated carbocycles. The first kappa shape index (κ1) is 33.9. The Labute approximate surface area is 234 Å². The van der Waals surface area contributed by atoms with Crippen LogP contribution in [0.15, 0.2) is 24.3 Å². The zero-order valence-electron chi connectivity index (χ0n) is 23.1. The second kappa shape index (κ2) is 15.7. The molecule has 1 aromatic rings. The smallest absolute Gasteiger partial charge is 0.416 e. The number of piperidine rings is 2. The predicted molar refractivity (Wildman–Crippen MR) is 144 cm³/mol. The second-order valence-corrected chi connectivity index (χ2v) is 11.6. The largest absolute Gasteiger partial charge is 0.490 e. The van der Waals surface area contributed by atoms with Crippen LogP contribution in [0.25, 0.3) is 0 Å². The predicted octanol–water partition coefficient (Wildman–Crippen LogP) is 3.87. The summed E-state index contributed by atoms with van der Waals surface area (Å²) >= 11 is 0. The first-order chi connectivity index (χ1) is 19.1. The zero-order chi connectivity index (χ0) is 29.8. The van der Waals surface area contributed by atoms with Crippen LogP contribution in [-0.2, 0) is 30.6 Å². The van der Waals surface area contributed by atoms with E-state index in [9.17, 15) is 26.4 Å². The monoisotopic (exact) mass is 594 g/mol. The number of carbonyl (C=O) groups excluding carboxylic acids is 1. The highest BCUT2D eigenvalue weighted by Gasteiger charge is 2.54. The molecule has 228 valence electrons. The first-order valence-corrected chi connectivity index (χ1v) is 15.0. The summed E-state index contributed by atoms with van der Waals surface area (Å²) in [7, 11) is -4.04. The quantitative estimate of drug-likeness (QED) is 0.323. The number of nitrogens with zero attached hydrogens (tertiary/aromatic N) is 1. The number of hydroxylamine groups is 1. The second-order valence-electron chi connectivity index (χ2n) is 9.33. The van der Waals surface area contributed by atoms with Crippen molar-refractivity contribution in [2.24, 2.45) is 0 Å². The van der Waals surface area contributed by atoms with Gasteiger partial charge in [-0.25, -0.2) is 23.0 Å². The molecule has 3 N–H and O–H groups in total. The number of alkyl halides is 3. The number of amides is 1. The Morgan fingerprint density at radius 3 is 2.23 bits per heavy atom. The van der Waals surface area contributed by atoms with Crippen LogP contribution in [0.1, 0.15) is 64.4 Å². The van der Waals surface area contributed by atoms with E-state index in [1.54, 1.807) is 0 Å². The Kier molecular flexibility index (Phi) is 13.3. The average Bonchev–Trinajstić information content (AvgIpc) is 2.99. The molecule has 4 rings (SSSR count). The van der Waals surface area contributed by atoms with Crippen molar-refractivity contribution in [1.29, 1.82) is 5.41 Å². The summed E-state index contributed by atoms with van der Waals surface area (Å²) < 4.78 is 76.7. The lowest BCUT2D eigenvalue weighted by atomic mass is 9.96. The Morgan fingerprint density at radius 2 is 1.70 bits per heavy atom. The highest BCUT2D eigenvalue weighted by molar-refractivity contribution is 7.91. The number of ether oxygens (including phenoxy) is 2. The van der Waals surface area contributed by atoms with E-state index in [0.29, 0.717) is 44.7 Å². The molecular formula is C26H41F3N4O6S. The Balaban J connectivity index is 0.00000134. The van der Waals surface area contributed by atoms with Crippen LogP contribution in [0.4, 0.5) is 13.2 Å². The fourth-order valence-electron chi connectivity index (χ4n) is 4.80. The van der Waals surface area contributed by atoms with Crippen molar-refractivity contribution in [3.05, 3.63) is 29.8 Å². The topological polar surface area (TPSA) is 130 Å². The Hall–Kier alpha value is -2.26. The summed E-state index contributed by atoms with van der Waals surface area (Å²) in [5.41, 5.74) is 1.60. The maximum atomic E-state index is 13.8. The van der Waals surface area contributed by atoms with Gasteiger partial charge in [0.1, 0.15) is 11.9 Å². The number of hydrogen-bond acceptors (Lipinski definition) is 8. The van der Waals surface area contributed by atoms with Gasteiger partial charge in [-0.1, -0.05) is 13.8 Å². The standard InChI is InChI=1S/C23H32F3N3O6S.C2H6.CH3N/c24-23(25,26)17-4-6-18(7-5-17)34-19-8-14-29(15-9-19)36(31,32)22(10-12-27-13-11-22)21(30)28-35-20-3-1-2-16-33-20;2*1-2/h4-7,19-20,27H,1-3,8-16H2,(H,28,30);1-2H3;2H,1H2. The van der Waals surface area contributed by atoms with Gasteiger partial charge in [0.15, 0.2) is 11.0 Å². The molecule has 40 heavy (non-hydrogen) atoms. The lowest BCUT2D eigenvalue weighted by Crippen LogP contribution is -2.62. The van der Waals surface area contributed by atoms with Crippen LogP contribution in [0.3, 0.4) is 0 Å². The van der Waals surface area contributed by atoms with Crippen molar-refractivity contribution in [3.8, 4) is 5.75 Å². The van der Waals surface area contributed by atoms with Crippen molar-refractivity contribution < 1.29 is 40.7 Å². The maximum Gasteiger partial charge on any atom is 0.416 e. The number of sulfonamides is 1. The molecule has 0 aromatic heterocycles. The highest BCUT2D eigenvalue weighted by atomic mass is 32.2. The van der Waals surface area contributed by atoms with Gasteiger partial charge in [-0.3, -0.25) is 4.79 Å². The molecule has 10 nitrogen and oxygen atoms in total. The van der Waals surface area contributed by atoms with Crippen molar-refractivity contribution >= 4 is 22.6 Å². The van der Waals surface area contributed by atoms with Crippen LogP contribution in [0.2, 0.25) is 0 Å². The summed E-state index contributed by atoms with van der Waals surface area (Å²) in [6.07, 6.45) is -2.02. The molecule has 3 fully saturated rings. The lowest BCUT2D eigenvalue weighted by molar-refractivity contribution is -0.201. The Bertz CT molecular complexity index is 1010. The molecule has 3 aliphatic heterocycles. The van der Waals surface area contributed by atoms with Gasteiger partial charge >= 0.3 is 6.18 Å². The summed E-state index contributed by atoms with van der Waals surface area (Å²) in [6, 6.07) is 4.43. The number of halogens is 3. The van der Waals surface area contributed by atoms with Gasteiger partial charge in [-0.05, 0) is 82.6 Å². The van der Waals surface area contributed by atoms with Crippen molar-refractivity contribution in [3.63, 3.8) is 0 Å². The van der Waals surface area contributed by atoms with Gasteiger partial charge < -0.3 is 20.2 Å². The number of carbonyl (C=O) groups is 1. The van der Waals surface area contributed by atoms with Crippen LogP contribution in [0, 0.1) is 5.41 Å². The molecule has 0 radical (unpaired) electrons. The molecule has 14 heteroatoms. The van der Waals surface area contributed by atoms with E-state index in [4.69, 9.17) is 19.7 Å². The van der Waals surface area contributed by atoms with E-state index in [-0.39, 0.29) is 32.0 Å². The third-order valence-electron chi connectivity index (χ3n) is 6.97. The van der Waals surface area contributed by atoms with Crippen LogP contribution in [-0.4, -0.2) is 75.3 Å². The van der Waals surface area contributed by atoms with Crippen molar-refractivity contribution in [1.82, 2.24) is 15.1 Å². The van der Waals surface area contributed by atoms with Crippen molar-refractivity contribution in [2.45, 2.75) is 82.1 Å². The van der Waals surface area contributed by atoms with E-state index < -0.39 is 38.7 Å². The molecule has 1 aromatic carbocycles. The first-order valence-electron chi connectivity index (χ1n) is 13.6. The lowest BCUT2D eigenvalue weighted by Gasteiger charge is -2.41. The van der Waals surface area contributed by atoms with E-state index in [2.05, 4.69) is 17.5 Å². The zero-order valence-corrected chi connectivity index (χ0v) is 23.9. The van der Waals surface area contributed by atoms with Gasteiger partial charge in [-0.2, -0.15) is 13.2 Å². The number of hydrogen-bond donors (Lipinski definition) is 3. The van der Waals surface area contributed by atoms with E-state index in [0.717, 1.165) is 25.0 Å². The minimum absolute atomic E-state index is 0.109. The molecule has 1 atom stereocenters. The highest BCUT2D eigenvalue weighted by Crippen LogP contribution is 2.34. The van der Waals surface area contributed by atoms with Gasteiger partial charge in [0.05, 0.1) is 5.56 Å². The SMILES string of the molecule is C=N.CC.O=C(NOC1CCCCO1)C1(S(=O)(=O)N2CCC(Oc3ccc(C(F)(F)F)cc3)CC2)CCNCC1. The molecule has 3 aliphatic rings. The average molecular weight is 595 g/mol. The third kappa shape index (κ3) is 8.38. The number of nitrogens with one attached hydrogen (secondary N) is 3. The summed E-state index contributed by atoms with van der Waals surface area (Å²) in [4.78, 5) is 18.6. The molecular weight excluding hydrogens is 553 g/mol. The van der Waals surface area contributed by atoms with E-state index in [1.165, 1.54) is 16.4 Å². The third-order valence-corrected chi connectivity index (χ3v) is 9.59. The van der Waals surface area contributed by atoms with Gasteiger partial charge in [0, 0.05) is 26.1 Å². The molecule has 0 aliphatic carbocycles. The number of benzene rings is 1. The molecule has 0 bridgehead atoms. The van der Waals surface area contributed by atoms with E-state index in [1.807, 2.05) is 13.8 Å². The maximum absolute atomic E-state index is 13.8. The fourth-order valence-corrected chi connectivity index (χ4v) is 6.98. The van der Waals surface area contributed by atoms with Crippen LogP contribution >= 0.6 is 0 Å². The van der Waals surface area contributed by atoms with Crippen LogP contribution < -0.4 is 15.5 Å². The van der Waals surface area contributed by atoms with Gasteiger partial charge in [0.25, 0.3) is 5.91 Å². The molecule has 3 heterocycles. The fraction of sp³-hybridized carbons (Fsp3) is 0.692. The summed E-state index contributed by atoms with van der Waals surface area (Å²) in [5.74, 6) is -0.401. The molecule has 3 saturated heterocycles. The summed E-state index contributed by atoms with van der Waals surface area (Å²) in [5, 5.41) is 8.60. The summed E-state index contributed by atoms with van der Waals surface area (Å²) in [6.45, 7) is 8.06.